The summed E-state index contributed by atoms with van der Waals surface area (Å²) in [5.41, 5.74) is 2.37. The van der Waals surface area contributed by atoms with Gasteiger partial charge in [-0.2, -0.15) is 0 Å². The molecule has 28 heavy (non-hydrogen) atoms. The van der Waals surface area contributed by atoms with E-state index in [0.29, 0.717) is 38.3 Å². The van der Waals surface area contributed by atoms with Gasteiger partial charge < -0.3 is 21.1 Å². The molecule has 2 atom stereocenters. The third-order valence-corrected chi connectivity index (χ3v) is 5.91. The Bertz CT molecular complexity index is 728. The van der Waals surface area contributed by atoms with Gasteiger partial charge in [-0.1, -0.05) is 24.3 Å². The van der Waals surface area contributed by atoms with Crippen LogP contribution >= 0.6 is 0 Å². The molecule has 0 aromatic heterocycles. The number of aliphatic carboxylic acids is 1. The van der Waals surface area contributed by atoms with Crippen LogP contribution in [0.4, 0.5) is 0 Å². The molecule has 0 bridgehead atoms. The maximum Gasteiger partial charge on any atom is 0.306 e. The van der Waals surface area contributed by atoms with Gasteiger partial charge in [0.05, 0.1) is 12.0 Å². The normalized spacial score (nSPS) is 25.2. The standard InChI is InChI=1S/C21H29N3O4/c1-13(19(25)23-11-14-6-8-15(9-7-14)21(27)28)24-20(26)18-10-16-4-2-3-5-17(16)12-22-18/h2-5,13-15,18,22H,6-12H2,1H3,(H,23,25)(H,24,26)(H,27,28)/t13-,14?,15?,18+/m0/s1. The highest BCUT2D eigenvalue weighted by atomic mass is 16.4. The molecule has 7 heteroatoms. The van der Waals surface area contributed by atoms with Crippen molar-refractivity contribution in [3.8, 4) is 0 Å². The molecule has 0 saturated heterocycles. The van der Waals surface area contributed by atoms with E-state index >= 15 is 0 Å². The molecule has 1 fully saturated rings. The number of benzene rings is 1. The van der Waals surface area contributed by atoms with Gasteiger partial charge in [-0.25, -0.2) is 0 Å². The van der Waals surface area contributed by atoms with Crippen LogP contribution in [0, 0.1) is 11.8 Å². The summed E-state index contributed by atoms with van der Waals surface area (Å²) in [5, 5.41) is 18.0. The zero-order valence-electron chi connectivity index (χ0n) is 16.2. The molecule has 3 rings (SSSR count). The van der Waals surface area contributed by atoms with Gasteiger partial charge in [0.15, 0.2) is 0 Å². The fourth-order valence-corrected chi connectivity index (χ4v) is 4.03. The smallest absolute Gasteiger partial charge is 0.306 e. The van der Waals surface area contributed by atoms with Crippen LogP contribution in [0.25, 0.3) is 0 Å². The molecule has 2 amide bonds. The number of carbonyl (C=O) groups excluding carboxylic acids is 2. The largest absolute Gasteiger partial charge is 0.481 e. The molecule has 1 aromatic carbocycles. The predicted molar refractivity (Wildman–Crippen MR) is 104 cm³/mol. The highest BCUT2D eigenvalue weighted by Gasteiger charge is 2.28. The lowest BCUT2D eigenvalue weighted by Gasteiger charge is -2.28. The Morgan fingerprint density at radius 3 is 2.50 bits per heavy atom. The van der Waals surface area contributed by atoms with Gasteiger partial charge in [0, 0.05) is 13.1 Å². The Morgan fingerprint density at radius 1 is 1.14 bits per heavy atom. The van der Waals surface area contributed by atoms with E-state index in [-0.39, 0.29) is 23.8 Å². The van der Waals surface area contributed by atoms with Gasteiger partial charge in [0.25, 0.3) is 0 Å². The minimum absolute atomic E-state index is 0.167. The van der Waals surface area contributed by atoms with E-state index in [4.69, 9.17) is 5.11 Å². The van der Waals surface area contributed by atoms with Crippen molar-refractivity contribution in [2.45, 2.75) is 57.7 Å². The molecule has 1 heterocycles. The quantitative estimate of drug-likeness (QED) is 0.587. The number of carbonyl (C=O) groups is 3. The van der Waals surface area contributed by atoms with Crippen molar-refractivity contribution >= 4 is 17.8 Å². The zero-order chi connectivity index (χ0) is 20.1. The molecule has 1 aromatic rings. The number of hydrogen-bond donors (Lipinski definition) is 4. The third kappa shape index (κ3) is 5.10. The number of carboxylic acids is 1. The maximum absolute atomic E-state index is 12.5. The molecular weight excluding hydrogens is 358 g/mol. The van der Waals surface area contributed by atoms with Crippen molar-refractivity contribution in [1.82, 2.24) is 16.0 Å². The molecule has 2 aliphatic rings. The highest BCUT2D eigenvalue weighted by Crippen LogP contribution is 2.28. The summed E-state index contributed by atoms with van der Waals surface area (Å²) in [6.07, 6.45) is 3.56. The van der Waals surface area contributed by atoms with Gasteiger partial charge in [-0.05, 0) is 56.1 Å². The summed E-state index contributed by atoms with van der Waals surface area (Å²) in [4.78, 5) is 35.9. The Kier molecular flexibility index (Phi) is 6.67. The molecule has 1 saturated carbocycles. The average Bonchev–Trinajstić information content (AvgIpc) is 2.71. The second-order valence-corrected chi connectivity index (χ2v) is 7.94. The van der Waals surface area contributed by atoms with E-state index in [1.807, 2.05) is 18.2 Å². The first-order valence-electron chi connectivity index (χ1n) is 10.0. The highest BCUT2D eigenvalue weighted by molar-refractivity contribution is 5.89. The lowest BCUT2D eigenvalue weighted by molar-refractivity contribution is -0.143. The monoisotopic (exact) mass is 387 g/mol. The summed E-state index contributed by atoms with van der Waals surface area (Å²) < 4.78 is 0. The number of rotatable bonds is 6. The fraction of sp³-hybridized carbons (Fsp3) is 0.571. The van der Waals surface area contributed by atoms with Crippen LogP contribution in [0.3, 0.4) is 0 Å². The molecule has 0 spiro atoms. The van der Waals surface area contributed by atoms with E-state index in [1.54, 1.807) is 6.92 Å². The van der Waals surface area contributed by atoms with Crippen LogP contribution in [0.15, 0.2) is 24.3 Å². The zero-order valence-corrected chi connectivity index (χ0v) is 16.2. The summed E-state index contributed by atoms with van der Waals surface area (Å²) in [6.45, 7) is 2.86. The van der Waals surface area contributed by atoms with Crippen LogP contribution in [0.1, 0.15) is 43.7 Å². The van der Waals surface area contributed by atoms with E-state index in [9.17, 15) is 14.4 Å². The van der Waals surface area contributed by atoms with Gasteiger partial charge in [0.2, 0.25) is 11.8 Å². The van der Waals surface area contributed by atoms with E-state index in [2.05, 4.69) is 22.0 Å². The molecular formula is C21H29N3O4. The molecule has 7 nitrogen and oxygen atoms in total. The number of nitrogens with one attached hydrogen (secondary N) is 3. The van der Waals surface area contributed by atoms with Crippen LogP contribution in [0.5, 0.6) is 0 Å². The van der Waals surface area contributed by atoms with Crippen molar-refractivity contribution in [2.24, 2.45) is 11.8 Å². The Balaban J connectivity index is 1.41. The van der Waals surface area contributed by atoms with Crippen molar-refractivity contribution in [2.75, 3.05) is 6.54 Å². The molecule has 0 radical (unpaired) electrons. The Morgan fingerprint density at radius 2 is 1.82 bits per heavy atom. The van der Waals surface area contributed by atoms with Crippen LogP contribution in [0.2, 0.25) is 0 Å². The maximum atomic E-state index is 12.5. The van der Waals surface area contributed by atoms with Gasteiger partial charge in [-0.15, -0.1) is 0 Å². The summed E-state index contributed by atoms with van der Waals surface area (Å²) in [6, 6.07) is 7.10. The van der Waals surface area contributed by atoms with E-state index in [0.717, 1.165) is 18.4 Å². The van der Waals surface area contributed by atoms with Gasteiger partial charge >= 0.3 is 5.97 Å². The minimum atomic E-state index is -0.724. The second kappa shape index (κ2) is 9.19. The number of carboxylic acid groups (broad SMARTS) is 1. The van der Waals surface area contributed by atoms with Crippen LogP contribution < -0.4 is 16.0 Å². The van der Waals surface area contributed by atoms with Crippen LogP contribution in [-0.2, 0) is 27.3 Å². The molecule has 152 valence electrons. The first-order chi connectivity index (χ1) is 13.4. The Labute approximate surface area is 165 Å². The van der Waals surface area contributed by atoms with Crippen molar-refractivity contribution in [3.63, 3.8) is 0 Å². The molecule has 0 unspecified atom stereocenters. The predicted octanol–water partition coefficient (Wildman–Crippen LogP) is 1.21. The lowest BCUT2D eigenvalue weighted by Crippen LogP contribution is -2.53. The van der Waals surface area contributed by atoms with Crippen molar-refractivity contribution < 1.29 is 19.5 Å². The summed E-state index contributed by atoms with van der Waals surface area (Å²) in [7, 11) is 0. The van der Waals surface area contributed by atoms with Gasteiger partial charge in [0.1, 0.15) is 6.04 Å². The van der Waals surface area contributed by atoms with E-state index in [1.165, 1.54) is 5.56 Å². The second-order valence-electron chi connectivity index (χ2n) is 7.94. The minimum Gasteiger partial charge on any atom is -0.481 e. The van der Waals surface area contributed by atoms with Gasteiger partial charge in [-0.3, -0.25) is 14.4 Å². The summed E-state index contributed by atoms with van der Waals surface area (Å²) in [5.74, 6) is -1.04. The number of fused-ring (bicyclic) bond motifs is 1. The van der Waals surface area contributed by atoms with Crippen molar-refractivity contribution in [1.29, 1.82) is 0 Å². The first kappa shape index (κ1) is 20.3. The topological polar surface area (TPSA) is 108 Å². The lowest BCUT2D eigenvalue weighted by atomic mass is 9.82. The van der Waals surface area contributed by atoms with Crippen molar-refractivity contribution in [3.05, 3.63) is 35.4 Å². The third-order valence-electron chi connectivity index (χ3n) is 5.91. The molecule has 4 N–H and O–H groups in total. The fourth-order valence-electron chi connectivity index (χ4n) is 4.03. The summed E-state index contributed by atoms with van der Waals surface area (Å²) >= 11 is 0. The SMILES string of the molecule is C[C@H](NC(=O)[C@H]1Cc2ccccc2CN1)C(=O)NCC1CCC(C(=O)O)CC1. The van der Waals surface area contributed by atoms with E-state index < -0.39 is 12.0 Å². The molecule has 1 aliphatic heterocycles. The number of hydrogen-bond acceptors (Lipinski definition) is 4. The van der Waals surface area contributed by atoms with Crippen LogP contribution in [-0.4, -0.2) is 41.5 Å². The average molecular weight is 387 g/mol. The molecule has 1 aliphatic carbocycles. The first-order valence-corrected chi connectivity index (χ1v) is 10.0. The number of amides is 2. The Hall–Kier alpha value is -2.41.